The number of aromatic nitrogens is 1. The van der Waals surface area contributed by atoms with Crippen LogP contribution in [0.5, 0.6) is 0 Å². The van der Waals surface area contributed by atoms with Crippen LogP contribution in [-0.2, 0) is 0 Å². The molecule has 0 aromatic carbocycles. The molecule has 1 rings (SSSR count). The molecule has 1 N–H and O–H groups in total. The zero-order chi connectivity index (χ0) is 18.7. The van der Waals surface area contributed by atoms with Crippen molar-refractivity contribution in [1.29, 1.82) is 0 Å². The van der Waals surface area contributed by atoms with Gasteiger partial charge in [-0.15, -0.1) is 11.3 Å². The number of hydrogen-bond donors (Lipinski definition) is 1. The first-order chi connectivity index (χ1) is 12.0. The summed E-state index contributed by atoms with van der Waals surface area (Å²) in [6.07, 6.45) is 5.42. The predicted octanol–water partition coefficient (Wildman–Crippen LogP) is 5.34. The van der Waals surface area contributed by atoms with Crippen molar-refractivity contribution in [2.75, 3.05) is 23.0 Å². The summed E-state index contributed by atoms with van der Waals surface area (Å²) in [4.78, 5) is 8.78. The van der Waals surface area contributed by atoms with E-state index in [1.165, 1.54) is 5.01 Å². The fraction of sp³-hybridized carbons (Fsp3) is 0.684. The van der Waals surface area contributed by atoms with E-state index in [0.717, 1.165) is 28.7 Å². The second-order valence-electron chi connectivity index (χ2n) is 6.54. The monoisotopic (exact) mass is 400 g/mol. The zero-order valence-corrected chi connectivity index (χ0v) is 18.5. The summed E-state index contributed by atoms with van der Waals surface area (Å²) >= 11 is 5.47. The molecule has 1 aromatic heterocycles. The van der Waals surface area contributed by atoms with Gasteiger partial charge in [0.2, 0.25) is 0 Å². The van der Waals surface area contributed by atoms with Crippen LogP contribution in [-0.4, -0.2) is 44.9 Å². The average Bonchev–Trinajstić information content (AvgIpc) is 3.13. The molecule has 1 heterocycles. The molecule has 0 aliphatic rings. The molecule has 0 amide bonds. The van der Waals surface area contributed by atoms with Crippen LogP contribution in [0.2, 0.25) is 0 Å². The molecule has 0 radical (unpaired) electrons. The van der Waals surface area contributed by atoms with Crippen LogP contribution >= 0.6 is 34.9 Å². The first-order valence-corrected chi connectivity index (χ1v) is 12.0. The lowest BCUT2D eigenvalue weighted by Gasteiger charge is -2.20. The fourth-order valence-electron chi connectivity index (χ4n) is 2.06. The summed E-state index contributed by atoms with van der Waals surface area (Å²) in [5.74, 6) is 5.11. The molecule has 1 aromatic rings. The van der Waals surface area contributed by atoms with E-state index in [2.05, 4.69) is 37.7 Å². The molecule has 0 fully saturated rings. The number of aliphatic hydroxyl groups is 1. The van der Waals surface area contributed by atoms with Crippen LogP contribution in [0.4, 0.5) is 0 Å². The summed E-state index contributed by atoms with van der Waals surface area (Å²) in [6, 6.07) is 0. The van der Waals surface area contributed by atoms with Crippen LogP contribution in [0.3, 0.4) is 0 Å². The molecule has 0 bridgehead atoms. The Morgan fingerprint density at radius 1 is 1.24 bits per heavy atom. The average molecular weight is 401 g/mol. The Bertz CT molecular complexity index is 517. The predicted molar refractivity (Wildman–Crippen MR) is 117 cm³/mol. The minimum Gasteiger partial charge on any atom is -0.392 e. The molecular formula is C19H32N2OS3. The van der Waals surface area contributed by atoms with Crippen molar-refractivity contribution in [3.05, 3.63) is 28.9 Å². The summed E-state index contributed by atoms with van der Waals surface area (Å²) in [5, 5.41) is 13.6. The Balaban J connectivity index is 2.20. The SMILES string of the molecule is C/C=C\N=C(/C)C(C)CSC[C@H](O)C(C)CSCC(C)c1nccs1. The molecule has 0 aliphatic heterocycles. The maximum absolute atomic E-state index is 10.4. The molecule has 3 nitrogen and oxygen atoms in total. The Labute approximate surface area is 165 Å². The Kier molecular flexibility index (Phi) is 11.8. The lowest BCUT2D eigenvalue weighted by Crippen LogP contribution is -2.23. The maximum Gasteiger partial charge on any atom is 0.0961 e. The van der Waals surface area contributed by atoms with Crippen molar-refractivity contribution >= 4 is 40.6 Å². The largest absolute Gasteiger partial charge is 0.392 e. The van der Waals surface area contributed by atoms with Crippen LogP contribution < -0.4 is 0 Å². The smallest absolute Gasteiger partial charge is 0.0961 e. The number of hydrogen-bond acceptors (Lipinski definition) is 6. The van der Waals surface area contributed by atoms with Crippen LogP contribution in [0.25, 0.3) is 0 Å². The molecule has 0 saturated heterocycles. The van der Waals surface area contributed by atoms with Crippen LogP contribution in [0.15, 0.2) is 28.8 Å². The number of allylic oxidation sites excluding steroid dienone is 1. The first-order valence-electron chi connectivity index (χ1n) is 8.84. The minimum atomic E-state index is -0.243. The number of rotatable bonds is 12. The van der Waals surface area contributed by atoms with Gasteiger partial charge in [0.1, 0.15) is 0 Å². The lowest BCUT2D eigenvalue weighted by molar-refractivity contribution is 0.151. The normalized spacial score (nSPS) is 17.6. The number of thiazole rings is 1. The van der Waals surface area contributed by atoms with E-state index in [9.17, 15) is 5.11 Å². The highest BCUT2D eigenvalue weighted by Crippen LogP contribution is 2.24. The molecule has 4 atom stereocenters. The van der Waals surface area contributed by atoms with E-state index in [0.29, 0.717) is 17.8 Å². The number of aliphatic hydroxyl groups excluding tert-OH is 1. The second kappa shape index (κ2) is 13.0. The number of thioether (sulfide) groups is 2. The summed E-state index contributed by atoms with van der Waals surface area (Å²) in [5.41, 5.74) is 1.15. The van der Waals surface area contributed by atoms with Crippen molar-refractivity contribution < 1.29 is 5.11 Å². The van der Waals surface area contributed by atoms with Crippen LogP contribution in [0.1, 0.15) is 45.5 Å². The van der Waals surface area contributed by atoms with Gasteiger partial charge in [-0.05, 0) is 25.5 Å². The maximum atomic E-state index is 10.4. The van der Waals surface area contributed by atoms with E-state index in [-0.39, 0.29) is 6.10 Å². The fourth-order valence-corrected chi connectivity index (χ4v) is 5.41. The molecule has 0 aliphatic carbocycles. The van der Waals surface area contributed by atoms with Gasteiger partial charge in [-0.1, -0.05) is 26.8 Å². The van der Waals surface area contributed by atoms with Crippen molar-refractivity contribution in [3.8, 4) is 0 Å². The van der Waals surface area contributed by atoms with Crippen molar-refractivity contribution in [2.45, 2.75) is 46.6 Å². The van der Waals surface area contributed by atoms with E-state index in [1.807, 2.05) is 54.3 Å². The highest BCUT2D eigenvalue weighted by atomic mass is 32.2. The van der Waals surface area contributed by atoms with Gasteiger partial charge in [-0.3, -0.25) is 4.99 Å². The Morgan fingerprint density at radius 3 is 2.60 bits per heavy atom. The summed E-state index contributed by atoms with van der Waals surface area (Å²) < 4.78 is 0. The van der Waals surface area contributed by atoms with E-state index >= 15 is 0 Å². The summed E-state index contributed by atoms with van der Waals surface area (Å²) in [7, 11) is 0. The highest BCUT2D eigenvalue weighted by molar-refractivity contribution is 7.99. The first kappa shape index (κ1) is 22.7. The highest BCUT2D eigenvalue weighted by Gasteiger charge is 2.16. The van der Waals surface area contributed by atoms with Gasteiger partial charge in [0.25, 0.3) is 0 Å². The number of nitrogens with zero attached hydrogens (tertiary/aromatic N) is 2. The molecule has 142 valence electrons. The quantitative estimate of drug-likeness (QED) is 0.481. The standard InChI is InChI=1S/C19H32N2OS3/c1-6-7-20-17(5)14(2)10-24-13-18(22)15(3)11-23-12-16(4)19-21-8-9-25-19/h6-9,14-16,18,22H,10-13H2,1-5H3/b7-6-,20-17+/t14?,15?,16?,18-/m0/s1. The Morgan fingerprint density at radius 2 is 1.96 bits per heavy atom. The zero-order valence-electron chi connectivity index (χ0n) is 16.0. The summed E-state index contributed by atoms with van der Waals surface area (Å²) in [6.45, 7) is 10.6. The van der Waals surface area contributed by atoms with Gasteiger partial charge in [0.05, 0.1) is 11.1 Å². The van der Waals surface area contributed by atoms with E-state index in [1.54, 1.807) is 11.3 Å². The Hall–Kier alpha value is -0.300. The molecule has 0 saturated carbocycles. The second-order valence-corrected chi connectivity index (χ2v) is 9.62. The van der Waals surface area contributed by atoms with Gasteiger partial charge >= 0.3 is 0 Å². The molecule has 0 spiro atoms. The number of aliphatic imine (C=N–C) groups is 1. The third kappa shape index (κ3) is 9.27. The van der Waals surface area contributed by atoms with E-state index in [4.69, 9.17) is 0 Å². The van der Waals surface area contributed by atoms with Gasteiger partial charge in [0.15, 0.2) is 0 Å². The lowest BCUT2D eigenvalue weighted by atomic mass is 10.1. The van der Waals surface area contributed by atoms with E-state index < -0.39 is 0 Å². The van der Waals surface area contributed by atoms with Crippen molar-refractivity contribution in [3.63, 3.8) is 0 Å². The molecular weight excluding hydrogens is 368 g/mol. The topological polar surface area (TPSA) is 45.5 Å². The third-order valence-corrected chi connectivity index (χ3v) is 7.89. The van der Waals surface area contributed by atoms with Gasteiger partial charge in [-0.25, -0.2) is 4.98 Å². The van der Waals surface area contributed by atoms with Gasteiger partial charge in [0, 0.05) is 52.6 Å². The molecule has 3 unspecified atom stereocenters. The van der Waals surface area contributed by atoms with Crippen molar-refractivity contribution in [1.82, 2.24) is 4.98 Å². The van der Waals surface area contributed by atoms with Gasteiger partial charge in [-0.2, -0.15) is 23.5 Å². The molecule has 25 heavy (non-hydrogen) atoms. The molecule has 6 heteroatoms. The van der Waals surface area contributed by atoms with Gasteiger partial charge < -0.3 is 5.11 Å². The van der Waals surface area contributed by atoms with Crippen molar-refractivity contribution in [2.24, 2.45) is 16.8 Å². The third-order valence-electron chi connectivity index (χ3n) is 4.08. The minimum absolute atomic E-state index is 0.243. The van der Waals surface area contributed by atoms with Crippen LogP contribution in [0, 0.1) is 11.8 Å².